The lowest BCUT2D eigenvalue weighted by Gasteiger charge is -2.42. The third-order valence-electron chi connectivity index (χ3n) is 8.25. The number of esters is 1. The Morgan fingerprint density at radius 2 is 1.42 bits per heavy atom. The standard InChI is InChI=1S/C36H45NO6/c1-23(2)37-18-8-9-19-41-31-14-11-25(26-12-15-32(43-34(39)40)33(22-26)42-24(3)38)20-28(31)27-10-13-29-30(21-27)36(6,7)17-16-35(29,4)5/h10-15,20-23,37H,8-9,16-19H2,1-7H3,(H,39,40). The number of fused-ring (bicyclic) bond motifs is 1. The molecule has 1 aliphatic carbocycles. The van der Waals surface area contributed by atoms with Gasteiger partial charge in [0.15, 0.2) is 11.5 Å². The topological polar surface area (TPSA) is 94.1 Å². The minimum absolute atomic E-state index is 0.0434. The largest absolute Gasteiger partial charge is 0.511 e. The highest BCUT2D eigenvalue weighted by atomic mass is 16.7. The summed E-state index contributed by atoms with van der Waals surface area (Å²) in [5.41, 5.74) is 6.60. The van der Waals surface area contributed by atoms with Crippen LogP contribution in [0.2, 0.25) is 0 Å². The number of carbonyl (C=O) groups is 2. The van der Waals surface area contributed by atoms with Gasteiger partial charge in [-0.1, -0.05) is 71.9 Å². The molecule has 3 aromatic carbocycles. The quantitative estimate of drug-likeness (QED) is 0.101. The molecule has 0 amide bonds. The van der Waals surface area contributed by atoms with Crippen LogP contribution < -0.4 is 19.5 Å². The van der Waals surface area contributed by atoms with Crippen molar-refractivity contribution in [3.63, 3.8) is 0 Å². The molecule has 0 fully saturated rings. The van der Waals surface area contributed by atoms with Gasteiger partial charge in [-0.2, -0.15) is 0 Å². The Kier molecular flexibility index (Phi) is 9.86. The summed E-state index contributed by atoms with van der Waals surface area (Å²) in [5, 5.41) is 12.6. The zero-order valence-corrected chi connectivity index (χ0v) is 26.5. The van der Waals surface area contributed by atoms with E-state index in [1.54, 1.807) is 12.1 Å². The van der Waals surface area contributed by atoms with Crippen molar-refractivity contribution in [2.24, 2.45) is 0 Å². The van der Waals surface area contributed by atoms with Gasteiger partial charge in [-0.15, -0.1) is 0 Å². The molecule has 230 valence electrons. The van der Waals surface area contributed by atoms with Crippen LogP contribution in [0.5, 0.6) is 17.2 Å². The highest BCUT2D eigenvalue weighted by molar-refractivity contribution is 5.80. The van der Waals surface area contributed by atoms with Gasteiger partial charge in [0.1, 0.15) is 5.75 Å². The summed E-state index contributed by atoms with van der Waals surface area (Å²) in [6.45, 7) is 16.4. The summed E-state index contributed by atoms with van der Waals surface area (Å²) in [6, 6.07) is 18.2. The first kappa shape index (κ1) is 32.1. The van der Waals surface area contributed by atoms with Crippen molar-refractivity contribution in [3.05, 3.63) is 65.7 Å². The molecule has 0 saturated heterocycles. The summed E-state index contributed by atoms with van der Waals surface area (Å²) in [7, 11) is 0. The Bertz CT molecular complexity index is 1470. The molecule has 0 atom stereocenters. The number of unbranched alkanes of at least 4 members (excludes halogenated alkanes) is 1. The molecule has 2 N–H and O–H groups in total. The van der Waals surface area contributed by atoms with Crippen LogP contribution in [0.15, 0.2) is 54.6 Å². The van der Waals surface area contributed by atoms with Gasteiger partial charge in [0.05, 0.1) is 6.61 Å². The highest BCUT2D eigenvalue weighted by Gasteiger charge is 2.37. The smallest absolute Gasteiger partial charge is 0.493 e. The number of carboxylic acid groups (broad SMARTS) is 1. The van der Waals surface area contributed by atoms with E-state index in [-0.39, 0.29) is 22.3 Å². The molecule has 0 unspecified atom stereocenters. The van der Waals surface area contributed by atoms with Gasteiger partial charge >= 0.3 is 12.1 Å². The van der Waals surface area contributed by atoms with E-state index in [1.165, 1.54) is 24.1 Å². The van der Waals surface area contributed by atoms with E-state index < -0.39 is 12.1 Å². The molecule has 1 aliphatic rings. The van der Waals surface area contributed by atoms with Crippen molar-refractivity contribution >= 4 is 12.1 Å². The summed E-state index contributed by atoms with van der Waals surface area (Å²) in [6.07, 6.45) is 2.74. The average molecular weight is 588 g/mol. The van der Waals surface area contributed by atoms with Crippen LogP contribution in [0.3, 0.4) is 0 Å². The fourth-order valence-electron chi connectivity index (χ4n) is 5.72. The van der Waals surface area contributed by atoms with Gasteiger partial charge in [-0.3, -0.25) is 4.79 Å². The van der Waals surface area contributed by atoms with Gasteiger partial charge in [-0.05, 0) is 95.1 Å². The lowest BCUT2D eigenvalue weighted by atomic mass is 9.63. The van der Waals surface area contributed by atoms with E-state index in [0.29, 0.717) is 12.6 Å². The number of hydrogen-bond acceptors (Lipinski definition) is 6. The third-order valence-corrected chi connectivity index (χ3v) is 8.25. The summed E-state index contributed by atoms with van der Waals surface area (Å²) in [5.74, 6) is 0.236. The van der Waals surface area contributed by atoms with Crippen molar-refractivity contribution in [2.75, 3.05) is 13.2 Å². The van der Waals surface area contributed by atoms with Crippen LogP contribution in [-0.4, -0.2) is 36.4 Å². The van der Waals surface area contributed by atoms with Crippen molar-refractivity contribution in [3.8, 4) is 39.5 Å². The van der Waals surface area contributed by atoms with Crippen molar-refractivity contribution in [2.45, 2.75) is 91.0 Å². The molecule has 7 nitrogen and oxygen atoms in total. The normalized spacial score (nSPS) is 15.1. The molecule has 0 aromatic heterocycles. The second-order valence-corrected chi connectivity index (χ2v) is 13.0. The minimum atomic E-state index is -1.48. The van der Waals surface area contributed by atoms with Crippen LogP contribution in [0.25, 0.3) is 22.3 Å². The van der Waals surface area contributed by atoms with E-state index in [0.717, 1.165) is 60.2 Å². The second kappa shape index (κ2) is 13.2. The lowest BCUT2D eigenvalue weighted by Crippen LogP contribution is -2.33. The predicted molar refractivity (Wildman–Crippen MR) is 170 cm³/mol. The second-order valence-electron chi connectivity index (χ2n) is 13.0. The van der Waals surface area contributed by atoms with Crippen LogP contribution in [0, 0.1) is 0 Å². The van der Waals surface area contributed by atoms with E-state index in [2.05, 4.69) is 71.1 Å². The summed E-state index contributed by atoms with van der Waals surface area (Å²) >= 11 is 0. The van der Waals surface area contributed by atoms with Crippen LogP contribution in [0.4, 0.5) is 4.79 Å². The summed E-state index contributed by atoms with van der Waals surface area (Å²) in [4.78, 5) is 22.9. The van der Waals surface area contributed by atoms with Crippen LogP contribution in [-0.2, 0) is 15.6 Å². The first-order valence-electron chi connectivity index (χ1n) is 15.2. The molecular formula is C36H45NO6. The average Bonchev–Trinajstić information content (AvgIpc) is 2.93. The van der Waals surface area contributed by atoms with Gasteiger partial charge < -0.3 is 24.6 Å². The Balaban J connectivity index is 1.75. The van der Waals surface area contributed by atoms with Gasteiger partial charge in [0, 0.05) is 18.5 Å². The first-order valence-corrected chi connectivity index (χ1v) is 15.2. The van der Waals surface area contributed by atoms with Gasteiger partial charge in [-0.25, -0.2) is 4.79 Å². The van der Waals surface area contributed by atoms with Crippen LogP contribution >= 0.6 is 0 Å². The lowest BCUT2D eigenvalue weighted by molar-refractivity contribution is -0.132. The Morgan fingerprint density at radius 3 is 2.07 bits per heavy atom. The van der Waals surface area contributed by atoms with E-state index in [9.17, 15) is 9.59 Å². The zero-order valence-electron chi connectivity index (χ0n) is 26.5. The number of benzene rings is 3. The fraction of sp³-hybridized carbons (Fsp3) is 0.444. The molecule has 3 aromatic rings. The molecule has 0 heterocycles. The Labute approximate surface area is 255 Å². The van der Waals surface area contributed by atoms with E-state index in [1.807, 2.05) is 12.1 Å². The maximum absolute atomic E-state index is 11.8. The van der Waals surface area contributed by atoms with E-state index in [4.69, 9.17) is 19.3 Å². The summed E-state index contributed by atoms with van der Waals surface area (Å²) < 4.78 is 16.5. The zero-order chi connectivity index (χ0) is 31.4. The van der Waals surface area contributed by atoms with E-state index >= 15 is 0 Å². The van der Waals surface area contributed by atoms with Crippen molar-refractivity contribution < 1.29 is 28.9 Å². The molecule has 0 radical (unpaired) electrons. The Morgan fingerprint density at radius 1 is 0.791 bits per heavy atom. The molecular weight excluding hydrogens is 542 g/mol. The molecule has 4 rings (SSSR count). The maximum atomic E-state index is 11.8. The molecule has 0 aliphatic heterocycles. The van der Waals surface area contributed by atoms with Crippen molar-refractivity contribution in [1.29, 1.82) is 0 Å². The van der Waals surface area contributed by atoms with Crippen LogP contribution in [0.1, 0.15) is 85.3 Å². The third kappa shape index (κ3) is 7.96. The highest BCUT2D eigenvalue weighted by Crippen LogP contribution is 2.48. The number of hydrogen-bond donors (Lipinski definition) is 2. The molecule has 0 spiro atoms. The number of nitrogens with one attached hydrogen (secondary N) is 1. The molecule has 7 heteroatoms. The predicted octanol–water partition coefficient (Wildman–Crippen LogP) is 8.51. The fourth-order valence-corrected chi connectivity index (χ4v) is 5.72. The number of rotatable bonds is 11. The van der Waals surface area contributed by atoms with Gasteiger partial charge in [0.2, 0.25) is 0 Å². The Hall–Kier alpha value is -3.84. The molecule has 0 saturated carbocycles. The number of ether oxygens (including phenoxy) is 3. The SMILES string of the molecule is CC(=O)Oc1cc(-c2ccc(OCCCCNC(C)C)c(-c3ccc4c(c3)C(C)(C)CCC4(C)C)c2)ccc1OC(=O)O. The molecule has 43 heavy (non-hydrogen) atoms. The van der Waals surface area contributed by atoms with Crippen molar-refractivity contribution in [1.82, 2.24) is 5.32 Å². The maximum Gasteiger partial charge on any atom is 0.511 e. The number of carbonyl (C=O) groups excluding carboxylic acids is 1. The monoisotopic (exact) mass is 587 g/mol. The van der Waals surface area contributed by atoms with Gasteiger partial charge in [0.25, 0.3) is 0 Å². The first-order chi connectivity index (χ1) is 20.3. The molecule has 0 bridgehead atoms. The minimum Gasteiger partial charge on any atom is -0.493 e.